The minimum atomic E-state index is 0.143. The third-order valence-electron chi connectivity index (χ3n) is 1.91. The SMILES string of the molecule is CCN=NCC(C)C1OC1=NNCC. The lowest BCUT2D eigenvalue weighted by Crippen LogP contribution is -2.10. The molecule has 0 amide bonds. The second-order valence-electron chi connectivity index (χ2n) is 3.26. The van der Waals surface area contributed by atoms with Crippen LogP contribution < -0.4 is 5.43 Å². The zero-order valence-corrected chi connectivity index (χ0v) is 9.03. The van der Waals surface area contributed by atoms with E-state index in [0.717, 1.165) is 19.0 Å². The molecule has 2 atom stereocenters. The Bertz CT molecular complexity index is 227. The summed E-state index contributed by atoms with van der Waals surface area (Å²) in [6, 6.07) is 0. The minimum absolute atomic E-state index is 0.143. The largest absolute Gasteiger partial charge is 0.463 e. The first kappa shape index (κ1) is 10.9. The first-order valence-electron chi connectivity index (χ1n) is 5.09. The fraction of sp³-hybridized carbons (Fsp3) is 0.889. The van der Waals surface area contributed by atoms with E-state index in [1.54, 1.807) is 0 Å². The molecule has 1 fully saturated rings. The maximum absolute atomic E-state index is 5.30. The average molecular weight is 198 g/mol. The molecule has 1 aliphatic heterocycles. The van der Waals surface area contributed by atoms with E-state index >= 15 is 0 Å². The van der Waals surface area contributed by atoms with Crippen LogP contribution in [0.4, 0.5) is 0 Å². The lowest BCUT2D eigenvalue weighted by atomic mass is 10.1. The van der Waals surface area contributed by atoms with Gasteiger partial charge in [0, 0.05) is 12.5 Å². The van der Waals surface area contributed by atoms with Gasteiger partial charge in [0.1, 0.15) is 0 Å². The van der Waals surface area contributed by atoms with E-state index in [1.807, 2.05) is 13.8 Å². The highest BCUT2D eigenvalue weighted by molar-refractivity contribution is 5.92. The zero-order valence-electron chi connectivity index (χ0n) is 9.03. The second kappa shape index (κ2) is 5.57. The second-order valence-corrected chi connectivity index (χ2v) is 3.26. The summed E-state index contributed by atoms with van der Waals surface area (Å²) in [5, 5.41) is 12.0. The van der Waals surface area contributed by atoms with Crippen molar-refractivity contribution in [1.29, 1.82) is 0 Å². The molecule has 0 aliphatic carbocycles. The standard InChI is InChI=1S/C9H18N4O/c1-4-10-12-6-7(3)8-9(14-8)13-11-5-2/h7-8,11H,4-6H2,1-3H3. The molecule has 1 N–H and O–H groups in total. The summed E-state index contributed by atoms with van der Waals surface area (Å²) in [5.74, 6) is 1.16. The monoisotopic (exact) mass is 198 g/mol. The number of epoxide rings is 1. The molecule has 0 bridgehead atoms. The van der Waals surface area contributed by atoms with Crippen molar-refractivity contribution in [3.05, 3.63) is 0 Å². The molecular weight excluding hydrogens is 180 g/mol. The van der Waals surface area contributed by atoms with Crippen LogP contribution in [0.1, 0.15) is 20.8 Å². The molecule has 0 aromatic carbocycles. The van der Waals surface area contributed by atoms with E-state index in [1.165, 1.54) is 0 Å². The van der Waals surface area contributed by atoms with Gasteiger partial charge in [-0.3, -0.25) is 0 Å². The number of hydrazone groups is 1. The predicted molar refractivity (Wildman–Crippen MR) is 55.4 cm³/mol. The van der Waals surface area contributed by atoms with E-state index in [0.29, 0.717) is 12.5 Å². The van der Waals surface area contributed by atoms with E-state index in [-0.39, 0.29) is 6.10 Å². The number of nitrogens with zero attached hydrogens (tertiary/aromatic N) is 3. The Morgan fingerprint density at radius 1 is 1.43 bits per heavy atom. The van der Waals surface area contributed by atoms with Crippen LogP contribution in [0.25, 0.3) is 0 Å². The Morgan fingerprint density at radius 2 is 2.21 bits per heavy atom. The summed E-state index contributed by atoms with van der Waals surface area (Å²) in [4.78, 5) is 0. The summed E-state index contributed by atoms with van der Waals surface area (Å²) in [6.45, 7) is 8.34. The van der Waals surface area contributed by atoms with Crippen LogP contribution in [-0.4, -0.2) is 31.6 Å². The van der Waals surface area contributed by atoms with E-state index in [4.69, 9.17) is 4.74 Å². The maximum atomic E-state index is 5.30. The topological polar surface area (TPSA) is 61.6 Å². The molecular formula is C9H18N4O. The Kier molecular flexibility index (Phi) is 4.35. The van der Waals surface area contributed by atoms with Crippen LogP contribution in [0.3, 0.4) is 0 Å². The summed E-state index contributed by atoms with van der Waals surface area (Å²) in [7, 11) is 0. The van der Waals surface area contributed by atoms with Crippen LogP contribution in [0, 0.1) is 5.92 Å². The van der Waals surface area contributed by atoms with Crippen LogP contribution >= 0.6 is 0 Å². The predicted octanol–water partition coefficient (Wildman–Crippen LogP) is 1.42. The Morgan fingerprint density at radius 3 is 2.86 bits per heavy atom. The van der Waals surface area contributed by atoms with Crippen molar-refractivity contribution in [3.8, 4) is 0 Å². The summed E-state index contributed by atoms with van der Waals surface area (Å²) >= 11 is 0. The Labute approximate surface area is 84.6 Å². The quantitative estimate of drug-likeness (QED) is 0.398. The van der Waals surface area contributed by atoms with Crippen LogP contribution in [0.2, 0.25) is 0 Å². The van der Waals surface area contributed by atoms with Gasteiger partial charge in [0.05, 0.1) is 13.1 Å². The van der Waals surface area contributed by atoms with E-state index in [2.05, 4.69) is 27.7 Å². The molecule has 14 heavy (non-hydrogen) atoms. The van der Waals surface area contributed by atoms with Crippen molar-refractivity contribution in [2.75, 3.05) is 19.6 Å². The van der Waals surface area contributed by atoms with Crippen molar-refractivity contribution in [1.82, 2.24) is 5.43 Å². The van der Waals surface area contributed by atoms with Gasteiger partial charge < -0.3 is 10.2 Å². The van der Waals surface area contributed by atoms with Crippen molar-refractivity contribution in [3.63, 3.8) is 0 Å². The first-order valence-corrected chi connectivity index (χ1v) is 5.09. The molecule has 0 spiro atoms. The fourth-order valence-electron chi connectivity index (χ4n) is 1.08. The molecule has 1 rings (SSSR count). The maximum Gasteiger partial charge on any atom is 0.248 e. The van der Waals surface area contributed by atoms with Gasteiger partial charge in [0.25, 0.3) is 0 Å². The molecule has 5 heteroatoms. The van der Waals surface area contributed by atoms with Gasteiger partial charge in [-0.15, -0.1) is 5.10 Å². The number of ether oxygens (including phenoxy) is 1. The number of nitrogens with one attached hydrogen (secondary N) is 1. The Hall–Kier alpha value is -1.13. The van der Waals surface area contributed by atoms with Crippen LogP contribution in [0.15, 0.2) is 15.3 Å². The molecule has 80 valence electrons. The smallest absolute Gasteiger partial charge is 0.248 e. The molecule has 0 radical (unpaired) electrons. The molecule has 1 saturated heterocycles. The van der Waals surface area contributed by atoms with Gasteiger partial charge in [-0.25, -0.2) is 0 Å². The van der Waals surface area contributed by atoms with Crippen molar-refractivity contribution < 1.29 is 4.74 Å². The fourth-order valence-corrected chi connectivity index (χ4v) is 1.08. The van der Waals surface area contributed by atoms with Gasteiger partial charge in [-0.1, -0.05) is 6.92 Å². The average Bonchev–Trinajstić information content (AvgIpc) is 2.94. The van der Waals surface area contributed by atoms with E-state index in [9.17, 15) is 0 Å². The summed E-state index contributed by atoms with van der Waals surface area (Å²) < 4.78 is 5.30. The van der Waals surface area contributed by atoms with Gasteiger partial charge in [-0.2, -0.15) is 10.2 Å². The summed E-state index contributed by atoms with van der Waals surface area (Å²) in [6.07, 6.45) is 0.143. The molecule has 1 aliphatic rings. The highest BCUT2D eigenvalue weighted by Crippen LogP contribution is 2.23. The van der Waals surface area contributed by atoms with E-state index < -0.39 is 0 Å². The van der Waals surface area contributed by atoms with Crippen molar-refractivity contribution in [2.45, 2.75) is 26.9 Å². The number of rotatable bonds is 6. The molecule has 1 heterocycles. The van der Waals surface area contributed by atoms with Crippen molar-refractivity contribution in [2.24, 2.45) is 21.2 Å². The van der Waals surface area contributed by atoms with Crippen molar-refractivity contribution >= 4 is 5.90 Å². The molecule has 0 saturated carbocycles. The molecule has 0 aromatic rings. The Balaban J connectivity index is 2.21. The number of hydrogen-bond acceptors (Lipinski definition) is 5. The van der Waals surface area contributed by atoms with Gasteiger partial charge in [0.15, 0.2) is 6.10 Å². The van der Waals surface area contributed by atoms with Crippen LogP contribution in [0.5, 0.6) is 0 Å². The lowest BCUT2D eigenvalue weighted by molar-refractivity contribution is 0.360. The van der Waals surface area contributed by atoms with Gasteiger partial charge in [0.2, 0.25) is 5.90 Å². The zero-order chi connectivity index (χ0) is 10.4. The first-order chi connectivity index (χ1) is 6.79. The third-order valence-corrected chi connectivity index (χ3v) is 1.91. The highest BCUT2D eigenvalue weighted by Gasteiger charge is 2.40. The van der Waals surface area contributed by atoms with Crippen LogP contribution in [-0.2, 0) is 4.74 Å². The van der Waals surface area contributed by atoms with Gasteiger partial charge >= 0.3 is 0 Å². The third kappa shape index (κ3) is 3.32. The molecule has 0 aromatic heterocycles. The number of hydrogen-bond donors (Lipinski definition) is 1. The van der Waals surface area contributed by atoms with Gasteiger partial charge in [-0.05, 0) is 13.8 Å². The summed E-state index contributed by atoms with van der Waals surface area (Å²) in [5.41, 5.74) is 2.87. The lowest BCUT2D eigenvalue weighted by Gasteiger charge is -1.98. The normalized spacial score (nSPS) is 25.1. The highest BCUT2D eigenvalue weighted by atomic mass is 16.6. The minimum Gasteiger partial charge on any atom is -0.463 e. The number of azo groups is 1. The molecule has 2 unspecified atom stereocenters. The molecule has 5 nitrogen and oxygen atoms in total.